The van der Waals surface area contributed by atoms with Gasteiger partial charge in [-0.2, -0.15) is 0 Å². The van der Waals surface area contributed by atoms with Crippen LogP contribution in [0.5, 0.6) is 5.88 Å². The lowest BCUT2D eigenvalue weighted by atomic mass is 10.2. The van der Waals surface area contributed by atoms with Crippen molar-refractivity contribution >= 4 is 0 Å². The van der Waals surface area contributed by atoms with Crippen molar-refractivity contribution in [2.75, 3.05) is 0 Å². The van der Waals surface area contributed by atoms with Crippen LogP contribution in [0.25, 0.3) is 0 Å². The molecule has 0 aliphatic carbocycles. The predicted molar refractivity (Wildman–Crippen MR) is 40.3 cm³/mol. The molecule has 5 heteroatoms. The fraction of sp³-hybridized carbons (Fsp3) is 0.375. The van der Waals surface area contributed by atoms with Crippen LogP contribution in [0.3, 0.4) is 0 Å². The second-order valence-corrected chi connectivity index (χ2v) is 2.41. The highest BCUT2D eigenvalue weighted by Crippen LogP contribution is 2.20. The molecule has 0 saturated carbocycles. The molecule has 1 aromatic rings. The Bertz CT molecular complexity index is 268. The van der Waals surface area contributed by atoms with Crippen LogP contribution < -0.4 is 4.74 Å². The summed E-state index contributed by atoms with van der Waals surface area (Å²) in [6.07, 6.45) is -2.57. The van der Waals surface area contributed by atoms with E-state index in [9.17, 15) is 13.2 Å². The Hall–Kier alpha value is -1.26. The van der Waals surface area contributed by atoms with Crippen molar-refractivity contribution in [1.82, 2.24) is 4.98 Å². The maximum Gasteiger partial charge on any atom is 0.574 e. The van der Waals surface area contributed by atoms with E-state index in [1.54, 1.807) is 6.07 Å². The van der Waals surface area contributed by atoms with Crippen LogP contribution in [0.1, 0.15) is 12.5 Å². The molecule has 0 amide bonds. The van der Waals surface area contributed by atoms with Crippen molar-refractivity contribution in [1.29, 1.82) is 0 Å². The average Bonchev–Trinajstić information content (AvgIpc) is 2.03. The van der Waals surface area contributed by atoms with E-state index >= 15 is 0 Å². The van der Waals surface area contributed by atoms with Crippen LogP contribution in [-0.4, -0.2) is 11.3 Å². The van der Waals surface area contributed by atoms with Crippen molar-refractivity contribution in [2.24, 2.45) is 0 Å². The van der Waals surface area contributed by atoms with Gasteiger partial charge in [-0.1, -0.05) is 13.0 Å². The summed E-state index contributed by atoms with van der Waals surface area (Å²) in [7, 11) is 0. The largest absolute Gasteiger partial charge is 0.574 e. The monoisotopic (exact) mass is 191 g/mol. The molecule has 0 bridgehead atoms. The number of alkyl halides is 3. The number of nitrogens with zero attached hydrogens (tertiary/aromatic N) is 1. The number of halogens is 3. The van der Waals surface area contributed by atoms with Gasteiger partial charge in [-0.3, -0.25) is 0 Å². The third kappa shape index (κ3) is 3.31. The van der Waals surface area contributed by atoms with Gasteiger partial charge in [-0.05, 0) is 12.0 Å². The number of aromatic nitrogens is 1. The lowest BCUT2D eigenvalue weighted by molar-refractivity contribution is -0.276. The van der Waals surface area contributed by atoms with Gasteiger partial charge in [0.25, 0.3) is 0 Å². The lowest BCUT2D eigenvalue weighted by Crippen LogP contribution is -2.17. The minimum atomic E-state index is -4.67. The molecule has 2 nitrogen and oxygen atoms in total. The Balaban J connectivity index is 2.70. The minimum Gasteiger partial charge on any atom is -0.388 e. The van der Waals surface area contributed by atoms with Crippen LogP contribution in [0, 0.1) is 0 Å². The number of aryl methyl sites for hydroxylation is 1. The molecule has 0 aliphatic heterocycles. The molecular formula is C8H8F3NO. The first-order valence-corrected chi connectivity index (χ1v) is 3.72. The first-order valence-electron chi connectivity index (χ1n) is 3.72. The topological polar surface area (TPSA) is 22.1 Å². The van der Waals surface area contributed by atoms with Crippen molar-refractivity contribution in [3.63, 3.8) is 0 Å². The van der Waals surface area contributed by atoms with Crippen LogP contribution in [-0.2, 0) is 6.42 Å². The van der Waals surface area contributed by atoms with Crippen LogP contribution in [0.2, 0.25) is 0 Å². The van der Waals surface area contributed by atoms with Crippen LogP contribution in [0.15, 0.2) is 18.3 Å². The molecular weight excluding hydrogens is 183 g/mol. The van der Waals surface area contributed by atoms with Crippen molar-refractivity contribution in [2.45, 2.75) is 19.7 Å². The molecule has 0 fully saturated rings. The highest BCUT2D eigenvalue weighted by molar-refractivity contribution is 5.17. The summed E-state index contributed by atoms with van der Waals surface area (Å²) in [6, 6.07) is 2.75. The van der Waals surface area contributed by atoms with E-state index < -0.39 is 12.2 Å². The van der Waals surface area contributed by atoms with Crippen LogP contribution >= 0.6 is 0 Å². The van der Waals surface area contributed by atoms with Gasteiger partial charge in [0.05, 0.1) is 0 Å². The summed E-state index contributed by atoms with van der Waals surface area (Å²) in [4.78, 5) is 3.49. The Morgan fingerprint density at radius 2 is 2.08 bits per heavy atom. The fourth-order valence-electron chi connectivity index (χ4n) is 0.799. The third-order valence-electron chi connectivity index (χ3n) is 1.43. The van der Waals surface area contributed by atoms with Gasteiger partial charge in [0.1, 0.15) is 0 Å². The van der Waals surface area contributed by atoms with Crippen molar-refractivity contribution in [3.05, 3.63) is 23.9 Å². The van der Waals surface area contributed by atoms with E-state index in [0.717, 1.165) is 12.0 Å². The van der Waals surface area contributed by atoms with Crippen LogP contribution in [0.4, 0.5) is 13.2 Å². The SMILES string of the molecule is CCc1ccc(OC(F)(F)F)nc1. The van der Waals surface area contributed by atoms with E-state index in [2.05, 4.69) is 9.72 Å². The molecule has 1 rings (SSSR count). The molecule has 0 aliphatic rings. The third-order valence-corrected chi connectivity index (χ3v) is 1.43. The van der Waals surface area contributed by atoms with Gasteiger partial charge in [-0.15, -0.1) is 13.2 Å². The number of ether oxygens (including phenoxy) is 1. The Morgan fingerprint density at radius 1 is 1.38 bits per heavy atom. The molecule has 1 aromatic heterocycles. The maximum absolute atomic E-state index is 11.7. The molecule has 0 radical (unpaired) electrons. The van der Waals surface area contributed by atoms with E-state index in [-0.39, 0.29) is 0 Å². The van der Waals surface area contributed by atoms with E-state index in [0.29, 0.717) is 0 Å². The zero-order valence-electron chi connectivity index (χ0n) is 6.93. The molecule has 0 saturated heterocycles. The maximum atomic E-state index is 11.7. The molecule has 0 unspecified atom stereocenters. The van der Waals surface area contributed by atoms with Gasteiger partial charge in [-0.25, -0.2) is 4.98 Å². The number of hydrogen-bond donors (Lipinski definition) is 0. The summed E-state index contributed by atoms with van der Waals surface area (Å²) >= 11 is 0. The molecule has 0 N–H and O–H groups in total. The van der Waals surface area contributed by atoms with E-state index in [4.69, 9.17) is 0 Å². The smallest absolute Gasteiger partial charge is 0.388 e. The quantitative estimate of drug-likeness (QED) is 0.716. The van der Waals surface area contributed by atoms with Gasteiger partial charge >= 0.3 is 6.36 Å². The molecule has 0 spiro atoms. The summed E-state index contributed by atoms with van der Waals surface area (Å²) in [5.41, 5.74) is 0.870. The van der Waals surface area contributed by atoms with Gasteiger partial charge in [0.2, 0.25) is 5.88 Å². The minimum absolute atomic E-state index is 0.426. The normalized spacial score (nSPS) is 11.4. The van der Waals surface area contributed by atoms with Crippen molar-refractivity contribution in [3.8, 4) is 5.88 Å². The first-order chi connectivity index (χ1) is 6.01. The van der Waals surface area contributed by atoms with E-state index in [1.807, 2.05) is 6.92 Å². The second-order valence-electron chi connectivity index (χ2n) is 2.41. The van der Waals surface area contributed by atoms with Gasteiger partial charge in [0.15, 0.2) is 0 Å². The molecule has 1 heterocycles. The first kappa shape index (κ1) is 9.83. The van der Waals surface area contributed by atoms with E-state index in [1.165, 1.54) is 12.3 Å². The van der Waals surface area contributed by atoms with Crippen molar-refractivity contribution < 1.29 is 17.9 Å². The number of hydrogen-bond acceptors (Lipinski definition) is 2. The average molecular weight is 191 g/mol. The molecule has 0 aromatic carbocycles. The van der Waals surface area contributed by atoms with Gasteiger partial charge in [0, 0.05) is 12.3 Å². The predicted octanol–water partition coefficient (Wildman–Crippen LogP) is 2.54. The Morgan fingerprint density at radius 3 is 2.46 bits per heavy atom. The number of pyridine rings is 1. The molecule has 0 atom stereocenters. The second kappa shape index (κ2) is 3.64. The number of rotatable bonds is 2. The highest BCUT2D eigenvalue weighted by atomic mass is 19.4. The summed E-state index contributed by atoms with van der Waals surface area (Å²) in [5.74, 6) is -0.426. The molecule has 13 heavy (non-hydrogen) atoms. The Labute approximate surface area is 73.4 Å². The zero-order chi connectivity index (χ0) is 9.90. The zero-order valence-corrected chi connectivity index (χ0v) is 6.93. The lowest BCUT2D eigenvalue weighted by Gasteiger charge is -2.07. The molecule has 72 valence electrons. The summed E-state index contributed by atoms with van der Waals surface area (Å²) in [6.45, 7) is 1.89. The Kier molecular flexibility index (Phi) is 2.75. The van der Waals surface area contributed by atoms with Gasteiger partial charge < -0.3 is 4.74 Å². The fourth-order valence-corrected chi connectivity index (χ4v) is 0.799. The highest BCUT2D eigenvalue weighted by Gasteiger charge is 2.31. The standard InChI is InChI=1S/C8H8F3NO/c1-2-6-3-4-7(12-5-6)13-8(9,10)11/h3-5H,2H2,1H3. The summed E-state index contributed by atoms with van der Waals surface area (Å²) in [5, 5.41) is 0. The summed E-state index contributed by atoms with van der Waals surface area (Å²) < 4.78 is 38.6.